The molecule has 0 aliphatic heterocycles. The number of aromatic nitrogens is 2. The van der Waals surface area contributed by atoms with E-state index in [1.807, 2.05) is 17.7 Å². The Morgan fingerprint density at radius 1 is 1.20 bits per heavy atom. The molecule has 0 spiro atoms. The summed E-state index contributed by atoms with van der Waals surface area (Å²) in [7, 11) is 3.48. The first-order chi connectivity index (χ1) is 12.0. The Morgan fingerprint density at radius 2 is 2.00 bits per heavy atom. The highest BCUT2D eigenvalue weighted by molar-refractivity contribution is 5.79. The maximum absolute atomic E-state index is 5.44. The number of guanidine groups is 1. The first-order valence-corrected chi connectivity index (χ1v) is 8.62. The molecular formula is C19H29N5O. The summed E-state index contributed by atoms with van der Waals surface area (Å²) in [6.45, 7) is 8.57. The van der Waals surface area contributed by atoms with Crippen LogP contribution in [-0.4, -0.2) is 36.4 Å². The van der Waals surface area contributed by atoms with Gasteiger partial charge in [-0.15, -0.1) is 0 Å². The topological polar surface area (TPSA) is 63.5 Å². The van der Waals surface area contributed by atoms with Gasteiger partial charge in [0.2, 0.25) is 0 Å². The van der Waals surface area contributed by atoms with Crippen molar-refractivity contribution in [2.24, 2.45) is 4.99 Å². The molecule has 0 fully saturated rings. The number of hydrogen-bond acceptors (Lipinski definition) is 3. The van der Waals surface area contributed by atoms with Gasteiger partial charge in [0.25, 0.3) is 0 Å². The van der Waals surface area contributed by atoms with E-state index in [0.29, 0.717) is 6.54 Å². The fraction of sp³-hybridized carbons (Fsp3) is 0.474. The van der Waals surface area contributed by atoms with Crippen molar-refractivity contribution in [2.45, 2.75) is 40.3 Å². The lowest BCUT2D eigenvalue weighted by molar-refractivity contribution is 0.408. The summed E-state index contributed by atoms with van der Waals surface area (Å²) in [6, 6.07) is 8.31. The van der Waals surface area contributed by atoms with Gasteiger partial charge in [-0.05, 0) is 44.9 Å². The smallest absolute Gasteiger partial charge is 0.191 e. The highest BCUT2D eigenvalue weighted by Crippen LogP contribution is 2.19. The molecule has 2 aromatic rings. The third-order valence-corrected chi connectivity index (χ3v) is 4.05. The number of ether oxygens (including phenoxy) is 1. The normalized spacial score (nSPS) is 11.5. The highest BCUT2D eigenvalue weighted by Gasteiger charge is 2.05. The molecule has 0 amide bonds. The molecule has 6 nitrogen and oxygen atoms in total. The van der Waals surface area contributed by atoms with Crippen molar-refractivity contribution < 1.29 is 4.74 Å². The Kier molecular flexibility index (Phi) is 6.86. The molecule has 0 atom stereocenters. The van der Waals surface area contributed by atoms with Gasteiger partial charge in [0, 0.05) is 37.9 Å². The second-order valence-electron chi connectivity index (χ2n) is 6.17. The largest absolute Gasteiger partial charge is 0.496 e. The van der Waals surface area contributed by atoms with Crippen molar-refractivity contribution >= 4 is 5.96 Å². The molecule has 0 radical (unpaired) electrons. The average Bonchev–Trinajstić information content (AvgIpc) is 2.92. The summed E-state index contributed by atoms with van der Waals surface area (Å²) in [6.07, 6.45) is 0.983. The van der Waals surface area contributed by atoms with E-state index in [0.717, 1.165) is 42.5 Å². The summed E-state index contributed by atoms with van der Waals surface area (Å²) in [5.41, 5.74) is 4.56. The van der Waals surface area contributed by atoms with E-state index in [1.54, 1.807) is 14.2 Å². The van der Waals surface area contributed by atoms with Gasteiger partial charge in [-0.1, -0.05) is 12.1 Å². The standard InChI is InChI=1S/C19H29N5O/c1-14-7-8-17(18(11-14)25-5)13-22-19(20-4)21-9-6-10-24-16(3)12-15(2)23-24/h7-8,11-12H,6,9-10,13H2,1-5H3,(H2,20,21,22). The molecule has 1 aromatic heterocycles. The van der Waals surface area contributed by atoms with Gasteiger partial charge in [-0.3, -0.25) is 9.67 Å². The fourth-order valence-corrected chi connectivity index (χ4v) is 2.73. The van der Waals surface area contributed by atoms with E-state index in [9.17, 15) is 0 Å². The quantitative estimate of drug-likeness (QED) is 0.461. The van der Waals surface area contributed by atoms with Crippen LogP contribution < -0.4 is 15.4 Å². The van der Waals surface area contributed by atoms with Crippen molar-refractivity contribution in [1.29, 1.82) is 0 Å². The van der Waals surface area contributed by atoms with Crippen LogP contribution >= 0.6 is 0 Å². The molecule has 6 heteroatoms. The van der Waals surface area contributed by atoms with Crippen LogP contribution in [0.25, 0.3) is 0 Å². The number of methoxy groups -OCH3 is 1. The average molecular weight is 343 g/mol. The molecule has 1 aromatic carbocycles. The number of nitrogens with zero attached hydrogens (tertiary/aromatic N) is 3. The molecule has 0 aliphatic carbocycles. The van der Waals surface area contributed by atoms with Crippen molar-refractivity contribution in [3.8, 4) is 5.75 Å². The summed E-state index contributed by atoms with van der Waals surface area (Å²) >= 11 is 0. The molecule has 25 heavy (non-hydrogen) atoms. The van der Waals surface area contributed by atoms with Gasteiger partial charge < -0.3 is 15.4 Å². The van der Waals surface area contributed by atoms with Crippen molar-refractivity contribution in [3.63, 3.8) is 0 Å². The minimum Gasteiger partial charge on any atom is -0.496 e. The van der Waals surface area contributed by atoms with Crippen LogP contribution in [0, 0.1) is 20.8 Å². The second kappa shape index (κ2) is 9.11. The summed E-state index contributed by atoms with van der Waals surface area (Å²) in [5, 5.41) is 11.2. The van der Waals surface area contributed by atoms with Gasteiger partial charge in [0.15, 0.2) is 5.96 Å². The maximum atomic E-state index is 5.44. The van der Waals surface area contributed by atoms with Gasteiger partial charge in [0.05, 0.1) is 12.8 Å². The Morgan fingerprint density at radius 3 is 2.64 bits per heavy atom. The van der Waals surface area contributed by atoms with Crippen LogP contribution in [0.15, 0.2) is 29.3 Å². The highest BCUT2D eigenvalue weighted by atomic mass is 16.5. The van der Waals surface area contributed by atoms with E-state index in [1.165, 1.54) is 11.3 Å². The molecule has 0 saturated heterocycles. The summed E-state index contributed by atoms with van der Waals surface area (Å²) in [5.74, 6) is 1.68. The lowest BCUT2D eigenvalue weighted by Gasteiger charge is -2.14. The van der Waals surface area contributed by atoms with Crippen molar-refractivity contribution in [3.05, 3.63) is 46.8 Å². The predicted octanol–water partition coefficient (Wildman–Crippen LogP) is 2.57. The van der Waals surface area contributed by atoms with E-state index in [-0.39, 0.29) is 0 Å². The molecule has 0 aliphatic rings. The van der Waals surface area contributed by atoms with Crippen LogP contribution in [0.3, 0.4) is 0 Å². The second-order valence-corrected chi connectivity index (χ2v) is 6.17. The van der Waals surface area contributed by atoms with Crippen LogP contribution in [0.4, 0.5) is 0 Å². The summed E-state index contributed by atoms with van der Waals surface area (Å²) in [4.78, 5) is 4.27. The van der Waals surface area contributed by atoms with E-state index < -0.39 is 0 Å². The van der Waals surface area contributed by atoms with Crippen LogP contribution in [0.1, 0.15) is 28.9 Å². The lowest BCUT2D eigenvalue weighted by Crippen LogP contribution is -2.37. The number of aryl methyl sites for hydroxylation is 4. The first kappa shape index (κ1) is 18.8. The number of rotatable bonds is 7. The zero-order valence-corrected chi connectivity index (χ0v) is 15.9. The molecule has 2 rings (SSSR count). The third-order valence-electron chi connectivity index (χ3n) is 4.05. The minimum atomic E-state index is 0.667. The first-order valence-electron chi connectivity index (χ1n) is 8.62. The van der Waals surface area contributed by atoms with E-state index in [4.69, 9.17) is 4.74 Å². The van der Waals surface area contributed by atoms with Crippen molar-refractivity contribution in [2.75, 3.05) is 20.7 Å². The number of nitrogens with one attached hydrogen (secondary N) is 2. The van der Waals surface area contributed by atoms with E-state index in [2.05, 4.69) is 52.8 Å². The lowest BCUT2D eigenvalue weighted by atomic mass is 10.1. The van der Waals surface area contributed by atoms with Crippen LogP contribution in [0.2, 0.25) is 0 Å². The number of benzene rings is 1. The Hall–Kier alpha value is -2.50. The molecule has 136 valence electrons. The van der Waals surface area contributed by atoms with Crippen LogP contribution in [0.5, 0.6) is 5.75 Å². The SMILES string of the molecule is CN=C(NCCCn1nc(C)cc1C)NCc1ccc(C)cc1OC. The monoisotopic (exact) mass is 343 g/mol. The zero-order valence-electron chi connectivity index (χ0n) is 15.9. The molecular weight excluding hydrogens is 314 g/mol. The zero-order chi connectivity index (χ0) is 18.2. The minimum absolute atomic E-state index is 0.667. The number of aliphatic imine (C=N–C) groups is 1. The molecule has 0 unspecified atom stereocenters. The Balaban J connectivity index is 1.78. The predicted molar refractivity (Wildman–Crippen MR) is 102 cm³/mol. The van der Waals surface area contributed by atoms with Gasteiger partial charge in [-0.25, -0.2) is 0 Å². The maximum Gasteiger partial charge on any atom is 0.191 e. The molecule has 0 saturated carbocycles. The van der Waals surface area contributed by atoms with Gasteiger partial charge in [-0.2, -0.15) is 5.10 Å². The fourth-order valence-electron chi connectivity index (χ4n) is 2.73. The summed E-state index contributed by atoms with van der Waals surface area (Å²) < 4.78 is 7.49. The van der Waals surface area contributed by atoms with Gasteiger partial charge in [0.1, 0.15) is 5.75 Å². The Bertz CT molecular complexity index is 721. The van der Waals surface area contributed by atoms with Gasteiger partial charge >= 0.3 is 0 Å². The third kappa shape index (κ3) is 5.52. The van der Waals surface area contributed by atoms with Crippen molar-refractivity contribution in [1.82, 2.24) is 20.4 Å². The molecule has 1 heterocycles. The van der Waals surface area contributed by atoms with Crippen LogP contribution in [-0.2, 0) is 13.1 Å². The number of hydrogen-bond donors (Lipinski definition) is 2. The Labute approximate surface area is 150 Å². The van der Waals surface area contributed by atoms with E-state index >= 15 is 0 Å². The molecule has 2 N–H and O–H groups in total. The molecule has 0 bridgehead atoms.